The van der Waals surface area contributed by atoms with Crippen LogP contribution in [-0.2, 0) is 80.0 Å². The molecule has 0 radical (unpaired) electrons. The Bertz CT molecular complexity index is 3320. The highest BCUT2D eigenvalue weighted by molar-refractivity contribution is 7.86. The first-order valence-electron chi connectivity index (χ1n) is 26.2. The molecule has 0 spiro atoms. The number of hydrogen-bond donors (Lipinski definition) is 4. The predicted octanol–water partition coefficient (Wildman–Crippen LogP) is 8.54. The predicted molar refractivity (Wildman–Crippen MR) is 301 cm³/mol. The van der Waals surface area contributed by atoms with Crippen molar-refractivity contribution in [3.8, 4) is 0 Å². The van der Waals surface area contributed by atoms with Gasteiger partial charge in [0.15, 0.2) is 11.3 Å². The lowest BCUT2D eigenvalue weighted by atomic mass is 9.75. The molecule has 80 heavy (non-hydrogen) atoms. The largest absolute Gasteiger partial charge is 0.376 e. The molecule has 2 aromatic carbocycles. The Labute approximate surface area is 471 Å². The summed E-state index contributed by atoms with van der Waals surface area (Å²) < 4.78 is 152. The fourth-order valence-corrected chi connectivity index (χ4v) is 12.4. The van der Waals surface area contributed by atoms with Gasteiger partial charge in [0.1, 0.15) is 0 Å². The Kier molecular flexibility index (Phi) is 20.1. The highest BCUT2D eigenvalue weighted by Gasteiger charge is 2.53. The summed E-state index contributed by atoms with van der Waals surface area (Å²) in [5.74, 6) is -3.12. The number of anilines is 1. The van der Waals surface area contributed by atoms with Crippen LogP contribution in [0.25, 0.3) is 0 Å². The minimum absolute atomic E-state index is 0.00184. The van der Waals surface area contributed by atoms with Crippen molar-refractivity contribution in [2.75, 3.05) is 29.6 Å². The summed E-state index contributed by atoms with van der Waals surface area (Å²) in [5.41, 5.74) is -1.63. The molecule has 25 heteroatoms. The highest BCUT2D eigenvalue weighted by atomic mass is 32.2. The first-order valence-corrected chi connectivity index (χ1v) is 32.3. The second-order valence-electron chi connectivity index (χ2n) is 23.7. The summed E-state index contributed by atoms with van der Waals surface area (Å²) in [4.78, 5) is 42.9. The van der Waals surface area contributed by atoms with Gasteiger partial charge in [-0.25, -0.2) is 4.79 Å². The Morgan fingerprint density at radius 2 is 1.18 bits per heavy atom. The third-order valence-corrected chi connectivity index (χ3v) is 18.0. The molecule has 444 valence electrons. The molecule has 0 aliphatic carbocycles. The average molecular weight is 1200 g/mol. The van der Waals surface area contributed by atoms with E-state index in [-0.39, 0.29) is 67.8 Å². The van der Waals surface area contributed by atoms with E-state index in [9.17, 15) is 66.3 Å². The standard InChI is InChI=1S/C55H77N3O18S4/c1-50(2,3)74-33-31-51(4,5)56-43-23-21-39(79(68,69)70)37-41(43)54(10,28-17-35-77(62,63)64)45(56)19-15-13-12-14-16-20-46-55(11,29-18-36-78(65,66)67)42-38-40(80(71,72)73)22-24-44(42)57(46)52(6,7)32-34-75-53(8,9)30-27-49(61)76-58-47(59)25-26-48(58)60/h12-16,19-24,37-38H,17-18,25-36H2,1-11H3,(H3-,62,63,64,65,66,67,68,69,70,71,72,73)/p+1. The molecule has 4 N–H and O–H groups in total. The van der Waals surface area contributed by atoms with Gasteiger partial charge in [-0.3, -0.25) is 27.8 Å². The number of nitrogens with zero attached hydrogens (tertiary/aromatic N) is 3. The van der Waals surface area contributed by atoms with Crippen molar-refractivity contribution in [3.63, 3.8) is 0 Å². The van der Waals surface area contributed by atoms with Crippen molar-refractivity contribution < 1.29 is 85.2 Å². The Hall–Kier alpha value is -4.96. The molecule has 3 aliphatic heterocycles. The molecule has 2 atom stereocenters. The van der Waals surface area contributed by atoms with Gasteiger partial charge in [0.2, 0.25) is 5.69 Å². The number of benzene rings is 2. The summed E-state index contributed by atoms with van der Waals surface area (Å²) in [7, 11) is -18.2. The zero-order valence-electron chi connectivity index (χ0n) is 47.4. The van der Waals surface area contributed by atoms with E-state index in [0.29, 0.717) is 58.4 Å². The smallest absolute Gasteiger partial charge is 0.333 e. The van der Waals surface area contributed by atoms with Crippen LogP contribution in [0, 0.1) is 0 Å². The van der Waals surface area contributed by atoms with Gasteiger partial charge in [-0.1, -0.05) is 30.4 Å². The van der Waals surface area contributed by atoms with E-state index >= 15 is 0 Å². The lowest BCUT2D eigenvalue weighted by Gasteiger charge is -2.41. The van der Waals surface area contributed by atoms with Crippen LogP contribution < -0.4 is 4.90 Å². The average Bonchev–Trinajstić information content (AvgIpc) is 3.85. The lowest BCUT2D eigenvalue weighted by Crippen LogP contribution is -2.45. The van der Waals surface area contributed by atoms with Crippen LogP contribution in [0.4, 0.5) is 11.4 Å². The van der Waals surface area contributed by atoms with Crippen LogP contribution in [-0.4, -0.2) is 132 Å². The van der Waals surface area contributed by atoms with Gasteiger partial charge >= 0.3 is 5.97 Å². The number of fused-ring (bicyclic) bond motifs is 2. The molecular formula is C55H78N3O18S4+. The summed E-state index contributed by atoms with van der Waals surface area (Å²) in [5, 5.41) is 0.486. The van der Waals surface area contributed by atoms with Crippen molar-refractivity contribution >= 4 is 75.3 Å². The van der Waals surface area contributed by atoms with E-state index < -0.39 is 103 Å². The monoisotopic (exact) mass is 1200 g/mol. The van der Waals surface area contributed by atoms with Crippen molar-refractivity contribution in [1.29, 1.82) is 0 Å². The van der Waals surface area contributed by atoms with Gasteiger partial charge in [0, 0.05) is 79.8 Å². The van der Waals surface area contributed by atoms with Crippen LogP contribution >= 0.6 is 0 Å². The van der Waals surface area contributed by atoms with Crippen LogP contribution in [0.1, 0.15) is 151 Å². The molecule has 0 saturated carbocycles. The number of amides is 2. The fraction of sp³-hybridized carbons (Fsp3) is 0.564. The molecular weight excluding hydrogens is 1120 g/mol. The van der Waals surface area contributed by atoms with E-state index in [2.05, 4.69) is 4.90 Å². The van der Waals surface area contributed by atoms with E-state index in [1.165, 1.54) is 24.3 Å². The van der Waals surface area contributed by atoms with Crippen molar-refractivity contribution in [3.05, 3.63) is 95.8 Å². The van der Waals surface area contributed by atoms with E-state index in [4.69, 9.17) is 14.3 Å². The Morgan fingerprint density at radius 3 is 1.73 bits per heavy atom. The molecule has 2 aromatic rings. The second-order valence-corrected chi connectivity index (χ2v) is 29.7. The molecule has 21 nitrogen and oxygen atoms in total. The van der Waals surface area contributed by atoms with Crippen LogP contribution in [0.15, 0.2) is 94.4 Å². The maximum atomic E-state index is 12.6. The van der Waals surface area contributed by atoms with Crippen molar-refractivity contribution in [1.82, 2.24) is 5.06 Å². The van der Waals surface area contributed by atoms with Crippen molar-refractivity contribution in [2.24, 2.45) is 0 Å². The number of ether oxygens (including phenoxy) is 2. The van der Waals surface area contributed by atoms with Gasteiger partial charge < -0.3 is 19.2 Å². The lowest BCUT2D eigenvalue weighted by molar-refractivity contribution is -0.525. The minimum Gasteiger partial charge on any atom is -0.376 e. The quantitative estimate of drug-likeness (QED) is 0.0282. The van der Waals surface area contributed by atoms with Crippen molar-refractivity contribution in [2.45, 2.75) is 183 Å². The first kappa shape index (κ1) is 65.8. The topological polar surface area (TPSA) is 306 Å². The van der Waals surface area contributed by atoms with Gasteiger partial charge in [-0.05, 0) is 143 Å². The van der Waals surface area contributed by atoms with Gasteiger partial charge in [-0.2, -0.15) is 38.2 Å². The number of hydrogen-bond acceptors (Lipinski definition) is 15. The van der Waals surface area contributed by atoms with Crippen LogP contribution in [0.2, 0.25) is 0 Å². The van der Waals surface area contributed by atoms with E-state index in [1.807, 2.05) is 73.0 Å². The number of carbonyl (C=O) groups excluding carboxylic acids is 3. The zero-order chi connectivity index (χ0) is 60.3. The number of rotatable bonds is 27. The van der Waals surface area contributed by atoms with Gasteiger partial charge in [0.25, 0.3) is 52.3 Å². The van der Waals surface area contributed by atoms with Gasteiger partial charge in [0.05, 0.1) is 50.9 Å². The molecule has 0 aromatic heterocycles. The molecule has 2 unspecified atom stereocenters. The van der Waals surface area contributed by atoms with E-state index in [0.717, 1.165) is 0 Å². The van der Waals surface area contributed by atoms with Crippen LogP contribution in [0.5, 0.6) is 0 Å². The zero-order valence-corrected chi connectivity index (χ0v) is 50.6. The summed E-state index contributed by atoms with van der Waals surface area (Å²) in [6.45, 7) is 21.3. The fourth-order valence-electron chi connectivity index (χ4n) is 10.4. The maximum absolute atomic E-state index is 12.6. The van der Waals surface area contributed by atoms with E-state index in [1.54, 1.807) is 62.4 Å². The molecule has 2 amide bonds. The minimum atomic E-state index is -4.71. The maximum Gasteiger partial charge on any atom is 0.333 e. The third-order valence-electron chi connectivity index (χ3n) is 14.7. The third kappa shape index (κ3) is 16.8. The molecule has 1 fully saturated rings. The summed E-state index contributed by atoms with van der Waals surface area (Å²) in [6, 6.07) is 8.46. The number of carbonyl (C=O) groups is 3. The number of imide groups is 1. The Balaban J connectivity index is 1.55. The Morgan fingerprint density at radius 1 is 0.662 bits per heavy atom. The molecule has 1 saturated heterocycles. The highest BCUT2D eigenvalue weighted by Crippen LogP contribution is 2.54. The number of allylic oxidation sites excluding steroid dienone is 8. The SMILES string of the molecule is CC(C)(C)OCCC(C)(C)N1C(=CC=CC=CC=CC2=[N+](C(C)(C)CCOC(C)(C)CCC(=O)ON3C(=O)CCC3=O)c3ccc(S(=O)(=O)O)cc3C2(C)CCCS(=O)(=O)O)C(C)(CCCS(=O)(=O)O)c2cc(S(=O)(=O)O)ccc21. The molecule has 0 bridgehead atoms. The summed E-state index contributed by atoms with van der Waals surface area (Å²) >= 11 is 0. The summed E-state index contributed by atoms with van der Waals surface area (Å²) in [6.07, 6.45) is 13.3. The molecule has 3 heterocycles. The first-order chi connectivity index (χ1) is 36.5. The number of hydroxylamine groups is 2. The second kappa shape index (κ2) is 24.5. The van der Waals surface area contributed by atoms with Gasteiger partial charge in [-0.15, -0.1) is 5.06 Å². The normalized spacial score (nSPS) is 20.4. The molecule has 3 aliphatic rings. The molecule has 5 rings (SSSR count). The van der Waals surface area contributed by atoms with Crippen LogP contribution in [0.3, 0.4) is 0 Å².